The van der Waals surface area contributed by atoms with Gasteiger partial charge < -0.3 is 4.74 Å². The Labute approximate surface area is 210 Å². The van der Waals surface area contributed by atoms with Crippen LogP contribution in [-0.2, 0) is 17.6 Å². The molecule has 3 aromatic carbocycles. The third kappa shape index (κ3) is 5.87. The maximum atomic E-state index is 13.6. The third-order valence-corrected chi connectivity index (χ3v) is 6.65. The van der Waals surface area contributed by atoms with Crippen LogP contribution in [0.15, 0.2) is 72.1 Å². The van der Waals surface area contributed by atoms with E-state index in [1.807, 2.05) is 30.3 Å². The number of carbonyl (C=O) groups is 1. The number of rotatable bonds is 7. The van der Waals surface area contributed by atoms with Gasteiger partial charge in [-0.1, -0.05) is 42.3 Å². The molecule has 4 rings (SSSR count). The van der Waals surface area contributed by atoms with Gasteiger partial charge in [0.2, 0.25) is 5.24 Å². The second-order valence-electron chi connectivity index (χ2n) is 7.89. The summed E-state index contributed by atoms with van der Waals surface area (Å²) in [6.45, 7) is 1.96. The number of fused-ring (bicyclic) bond motifs is 1. The minimum absolute atomic E-state index is 0.128. The molecule has 0 amide bonds. The van der Waals surface area contributed by atoms with Gasteiger partial charge in [-0.3, -0.25) is 4.79 Å². The van der Waals surface area contributed by atoms with Gasteiger partial charge in [0.15, 0.2) is 0 Å². The molecule has 0 spiro atoms. The molecule has 1 atom stereocenters. The Morgan fingerprint density at radius 1 is 1.06 bits per heavy atom. The Morgan fingerprint density at radius 3 is 2.49 bits per heavy atom. The molecule has 0 saturated carbocycles. The Kier molecular flexibility index (Phi) is 7.49. The zero-order valence-corrected chi connectivity index (χ0v) is 20.2. The monoisotopic (exact) mass is 512 g/mol. The fraction of sp³-hybridized carbons (Fsp3) is 0.179. The van der Waals surface area contributed by atoms with Gasteiger partial charge in [0.1, 0.15) is 12.4 Å². The summed E-state index contributed by atoms with van der Waals surface area (Å²) in [6.07, 6.45) is -4.31. The minimum atomic E-state index is -4.43. The van der Waals surface area contributed by atoms with Crippen molar-refractivity contribution in [2.45, 2.75) is 32.0 Å². The number of carbonyl (C=O) groups excluding carboxylic acids is 1. The number of hydrogen-bond acceptors (Lipinski definition) is 3. The summed E-state index contributed by atoms with van der Waals surface area (Å²) in [6, 6.07) is 18.6. The van der Waals surface area contributed by atoms with Crippen LogP contribution in [-0.4, -0.2) is 5.24 Å². The molecule has 0 aliphatic heterocycles. The van der Waals surface area contributed by atoms with Crippen LogP contribution in [0.5, 0.6) is 5.75 Å². The molecule has 2 nitrogen and oxygen atoms in total. The van der Waals surface area contributed by atoms with E-state index in [9.17, 15) is 18.0 Å². The predicted molar refractivity (Wildman–Crippen MR) is 135 cm³/mol. The average Bonchev–Trinajstić information content (AvgIpc) is 3.25. The van der Waals surface area contributed by atoms with E-state index in [0.29, 0.717) is 11.3 Å². The van der Waals surface area contributed by atoms with Crippen molar-refractivity contribution >= 4 is 38.3 Å². The number of thiophene rings is 1. The SMILES string of the molecule is CC#C[C@@H](CC(=O)Cl)c1ccc(OCc2ccc3scc(-c4ccccc4C(F)(F)F)c3c2)cc1. The van der Waals surface area contributed by atoms with Crippen molar-refractivity contribution in [1.29, 1.82) is 0 Å². The van der Waals surface area contributed by atoms with Crippen LogP contribution in [0.25, 0.3) is 21.2 Å². The predicted octanol–water partition coefficient (Wildman–Crippen LogP) is 8.43. The fourth-order valence-electron chi connectivity index (χ4n) is 3.89. The first kappa shape index (κ1) is 24.8. The minimum Gasteiger partial charge on any atom is -0.489 e. The van der Waals surface area contributed by atoms with E-state index in [-0.39, 0.29) is 24.5 Å². The van der Waals surface area contributed by atoms with E-state index in [2.05, 4.69) is 11.8 Å². The molecule has 0 saturated heterocycles. The first-order chi connectivity index (χ1) is 16.8. The van der Waals surface area contributed by atoms with Crippen LogP contribution < -0.4 is 4.74 Å². The molecule has 0 radical (unpaired) electrons. The summed E-state index contributed by atoms with van der Waals surface area (Å²) in [5, 5.41) is 2.08. The van der Waals surface area contributed by atoms with Gasteiger partial charge >= 0.3 is 6.18 Å². The van der Waals surface area contributed by atoms with Crippen LogP contribution in [0.3, 0.4) is 0 Å². The number of halogens is 4. The van der Waals surface area contributed by atoms with E-state index in [0.717, 1.165) is 27.3 Å². The lowest BCUT2D eigenvalue weighted by atomic mass is 9.97. The second kappa shape index (κ2) is 10.6. The number of hydrogen-bond donors (Lipinski definition) is 0. The van der Waals surface area contributed by atoms with Crippen molar-refractivity contribution in [2.24, 2.45) is 0 Å². The zero-order valence-electron chi connectivity index (χ0n) is 18.7. The van der Waals surface area contributed by atoms with Crippen molar-refractivity contribution in [1.82, 2.24) is 0 Å². The molecular formula is C28H20ClF3O2S. The Morgan fingerprint density at radius 2 is 1.80 bits per heavy atom. The molecular weight excluding hydrogens is 493 g/mol. The maximum Gasteiger partial charge on any atom is 0.417 e. The van der Waals surface area contributed by atoms with Gasteiger partial charge in [0.25, 0.3) is 0 Å². The smallest absolute Gasteiger partial charge is 0.417 e. The number of benzene rings is 3. The van der Waals surface area contributed by atoms with Gasteiger partial charge in [-0.25, -0.2) is 0 Å². The fourth-order valence-corrected chi connectivity index (χ4v) is 4.99. The zero-order chi connectivity index (χ0) is 25.0. The van der Waals surface area contributed by atoms with Crippen LogP contribution in [0.2, 0.25) is 0 Å². The summed E-state index contributed by atoms with van der Waals surface area (Å²) in [5.41, 5.74) is 1.78. The molecule has 7 heteroatoms. The summed E-state index contributed by atoms with van der Waals surface area (Å²) in [7, 11) is 0. The standard InChI is InChI=1S/C28H20ClF3O2S/c1-2-5-20(15-27(29)33)19-9-11-21(12-10-19)34-16-18-8-13-26-23(14-18)24(17-35-26)22-6-3-4-7-25(22)28(30,31)32/h3-4,6-14,17,20H,15-16H2,1H3/t20-/m0/s1. The van der Waals surface area contributed by atoms with E-state index >= 15 is 0 Å². The molecule has 1 aromatic heterocycles. The van der Waals surface area contributed by atoms with Crippen LogP contribution in [0, 0.1) is 11.8 Å². The molecule has 0 aliphatic carbocycles. The number of ether oxygens (including phenoxy) is 1. The van der Waals surface area contributed by atoms with E-state index in [4.69, 9.17) is 16.3 Å². The molecule has 0 aliphatic rings. The topological polar surface area (TPSA) is 26.3 Å². The van der Waals surface area contributed by atoms with Crippen LogP contribution in [0.4, 0.5) is 13.2 Å². The summed E-state index contributed by atoms with van der Waals surface area (Å²) in [5.74, 6) is 6.16. The second-order valence-corrected chi connectivity index (χ2v) is 9.22. The van der Waals surface area contributed by atoms with Crippen LogP contribution in [0.1, 0.15) is 36.0 Å². The molecule has 0 bridgehead atoms. The van der Waals surface area contributed by atoms with Crippen molar-refractivity contribution in [3.8, 4) is 28.7 Å². The number of alkyl halides is 3. The average molecular weight is 513 g/mol. The van der Waals surface area contributed by atoms with Gasteiger partial charge in [-0.15, -0.1) is 17.3 Å². The maximum absolute atomic E-state index is 13.6. The van der Waals surface area contributed by atoms with E-state index in [1.165, 1.54) is 23.5 Å². The van der Waals surface area contributed by atoms with E-state index < -0.39 is 17.0 Å². The van der Waals surface area contributed by atoms with Gasteiger partial charge in [-0.2, -0.15) is 13.2 Å². The summed E-state index contributed by atoms with van der Waals surface area (Å²) < 4.78 is 47.5. The molecule has 0 unspecified atom stereocenters. The lowest BCUT2D eigenvalue weighted by Crippen LogP contribution is -2.06. The highest BCUT2D eigenvalue weighted by Gasteiger charge is 2.33. The van der Waals surface area contributed by atoms with Gasteiger partial charge in [0.05, 0.1) is 11.5 Å². The molecule has 0 fully saturated rings. The molecule has 0 N–H and O–H groups in total. The van der Waals surface area contributed by atoms with Gasteiger partial charge in [0, 0.05) is 22.1 Å². The molecule has 1 heterocycles. The highest BCUT2D eigenvalue weighted by Crippen LogP contribution is 2.41. The van der Waals surface area contributed by atoms with Crippen molar-refractivity contribution < 1.29 is 22.7 Å². The van der Waals surface area contributed by atoms with Crippen LogP contribution >= 0.6 is 22.9 Å². The summed E-state index contributed by atoms with van der Waals surface area (Å²) in [4.78, 5) is 11.3. The highest BCUT2D eigenvalue weighted by molar-refractivity contribution is 7.17. The highest BCUT2D eigenvalue weighted by atomic mass is 35.5. The van der Waals surface area contributed by atoms with E-state index in [1.54, 1.807) is 30.5 Å². The largest absolute Gasteiger partial charge is 0.489 e. The first-order valence-corrected chi connectivity index (χ1v) is 12.0. The molecule has 178 valence electrons. The quantitative estimate of drug-likeness (QED) is 0.183. The van der Waals surface area contributed by atoms with Crippen molar-refractivity contribution in [3.05, 3.63) is 88.8 Å². The summed E-state index contributed by atoms with van der Waals surface area (Å²) >= 11 is 6.95. The third-order valence-electron chi connectivity index (χ3n) is 5.53. The van der Waals surface area contributed by atoms with Crippen molar-refractivity contribution in [2.75, 3.05) is 0 Å². The Bertz CT molecular complexity index is 1410. The van der Waals surface area contributed by atoms with Crippen molar-refractivity contribution in [3.63, 3.8) is 0 Å². The first-order valence-electron chi connectivity index (χ1n) is 10.8. The normalized spacial score (nSPS) is 12.1. The Hall–Kier alpha value is -3.27. The molecule has 4 aromatic rings. The lowest BCUT2D eigenvalue weighted by Gasteiger charge is -2.13. The lowest BCUT2D eigenvalue weighted by molar-refractivity contribution is -0.137. The molecule has 35 heavy (non-hydrogen) atoms. The van der Waals surface area contributed by atoms with Gasteiger partial charge in [-0.05, 0) is 70.9 Å². The Balaban J connectivity index is 1.55.